The summed E-state index contributed by atoms with van der Waals surface area (Å²) in [4.78, 5) is 34.0. The van der Waals surface area contributed by atoms with Crippen molar-refractivity contribution in [3.63, 3.8) is 0 Å². The predicted octanol–water partition coefficient (Wildman–Crippen LogP) is 7.20. The average Bonchev–Trinajstić information content (AvgIpc) is 3.34. The first-order valence-electron chi connectivity index (χ1n) is 15.1. The number of aryl methyl sites for hydroxylation is 2. The van der Waals surface area contributed by atoms with Crippen molar-refractivity contribution >= 4 is 35.4 Å². The van der Waals surface area contributed by atoms with Crippen LogP contribution in [0.5, 0.6) is 11.5 Å². The molecular weight excluding hydrogens is 531 g/mol. The van der Waals surface area contributed by atoms with Crippen LogP contribution in [0, 0.1) is 12.8 Å². The van der Waals surface area contributed by atoms with Crippen LogP contribution in [0.2, 0.25) is 12.6 Å². The second kappa shape index (κ2) is 14.3. The molecule has 1 amide bonds. The van der Waals surface area contributed by atoms with Crippen molar-refractivity contribution in [3.8, 4) is 11.5 Å². The van der Waals surface area contributed by atoms with Crippen molar-refractivity contribution in [3.05, 3.63) is 56.9 Å². The summed E-state index contributed by atoms with van der Waals surface area (Å²) in [7, 11) is 1.67. The van der Waals surface area contributed by atoms with E-state index in [1.54, 1.807) is 18.4 Å². The summed E-state index contributed by atoms with van der Waals surface area (Å²) in [6.07, 6.45) is 6.81. The molecule has 0 radical (unpaired) electrons. The largest absolute Gasteiger partial charge is 0.493 e. The molecule has 1 aromatic heterocycles. The molecule has 2 aliphatic rings. The molecule has 1 unspecified atom stereocenters. The Bertz CT molecular complexity index is 1280. The monoisotopic (exact) mass is 576 g/mol. The molecule has 0 saturated carbocycles. The van der Waals surface area contributed by atoms with Crippen LogP contribution >= 0.6 is 11.3 Å². The molecule has 41 heavy (non-hydrogen) atoms. The van der Waals surface area contributed by atoms with Gasteiger partial charge < -0.3 is 19.2 Å². The number of hydrogen-bond acceptors (Lipinski definition) is 6. The van der Waals surface area contributed by atoms with Crippen molar-refractivity contribution in [2.75, 3.05) is 20.2 Å². The van der Waals surface area contributed by atoms with Gasteiger partial charge >= 0.3 is 0 Å². The topological polar surface area (TPSA) is 68.2 Å². The predicted molar refractivity (Wildman–Crippen MR) is 170 cm³/mol. The molecule has 8 heteroatoms. The molecule has 2 aromatic rings. The number of carbonyl (C=O) groups is 2. The maximum Gasteiger partial charge on any atom is 0.232 e. The van der Waals surface area contributed by atoms with Crippen molar-refractivity contribution < 1.29 is 19.1 Å². The number of likely N-dealkylation sites (tertiary alicyclic amines) is 1. The van der Waals surface area contributed by atoms with Crippen LogP contribution in [0.1, 0.15) is 76.5 Å². The summed E-state index contributed by atoms with van der Waals surface area (Å²) in [6, 6.07) is 6.15. The van der Waals surface area contributed by atoms with Gasteiger partial charge in [-0.3, -0.25) is 9.79 Å². The number of nitrogens with zero attached hydrogens (tertiary/aromatic N) is 2. The minimum atomic E-state index is -0.0949. The van der Waals surface area contributed by atoms with Gasteiger partial charge in [-0.15, -0.1) is 0 Å². The van der Waals surface area contributed by atoms with Gasteiger partial charge in [0.1, 0.15) is 5.68 Å². The van der Waals surface area contributed by atoms with Gasteiger partial charge in [-0.1, -0.05) is 19.1 Å². The molecule has 4 rings (SSSR count). The standard InChI is InChI=1S/C33H45BN2O4S/c1-22(2)40-30-19-24(4)27(20-29(30)39-6)11-10-23(3)31(35-25(5)28-13-18-41-21-28)32(37)34-14-7-9-26(12-15-34)33(38)36-16-8-17-36/h13,18-22,26H,7-12,14-17H2,1-6H3/b31-23+,35-25?. The zero-order valence-corrected chi connectivity index (χ0v) is 26.4. The van der Waals surface area contributed by atoms with E-state index in [1.807, 2.05) is 44.0 Å². The van der Waals surface area contributed by atoms with E-state index in [4.69, 9.17) is 14.5 Å². The molecular formula is C33H45BN2O4S. The fraction of sp³-hybridized carbons (Fsp3) is 0.545. The highest BCUT2D eigenvalue weighted by Gasteiger charge is 2.35. The maximum absolute atomic E-state index is 14.1. The molecule has 3 heterocycles. The third-order valence-electron chi connectivity index (χ3n) is 8.47. The number of benzene rings is 1. The number of amides is 1. The SMILES string of the molecule is COc1cc(CC/C(C)=C(/N=C(C)c2ccsc2)C(=O)B2CCCC(C(=O)N3CCC3)CC2)c(C)cc1OC(C)C. The second-order valence-corrected chi connectivity index (χ2v) is 12.7. The van der Waals surface area contributed by atoms with Gasteiger partial charge in [-0.2, -0.15) is 11.3 Å². The molecule has 2 aliphatic heterocycles. The van der Waals surface area contributed by atoms with Gasteiger partial charge in [-0.05, 0) is 112 Å². The first-order chi connectivity index (χ1) is 19.7. The number of carbonyl (C=O) groups excluding carboxylic acids is 2. The maximum atomic E-state index is 14.1. The Labute approximate surface area is 250 Å². The summed E-state index contributed by atoms with van der Waals surface area (Å²) in [6.45, 7) is 11.8. The Hall–Kier alpha value is -2.87. The summed E-state index contributed by atoms with van der Waals surface area (Å²) in [5.74, 6) is 1.82. The Morgan fingerprint density at radius 1 is 1.12 bits per heavy atom. The van der Waals surface area contributed by atoms with E-state index >= 15 is 0 Å². The highest BCUT2D eigenvalue weighted by Crippen LogP contribution is 2.33. The van der Waals surface area contributed by atoms with Crippen molar-refractivity contribution in [1.29, 1.82) is 0 Å². The molecule has 2 saturated heterocycles. The summed E-state index contributed by atoms with van der Waals surface area (Å²) >= 11 is 1.63. The van der Waals surface area contributed by atoms with Crippen molar-refractivity contribution in [2.45, 2.75) is 91.9 Å². The number of methoxy groups -OCH3 is 1. The zero-order chi connectivity index (χ0) is 29.5. The molecule has 220 valence electrons. The van der Waals surface area contributed by atoms with E-state index < -0.39 is 0 Å². The molecule has 0 N–H and O–H groups in total. The number of aliphatic imine (C=N–C) groups is 1. The van der Waals surface area contributed by atoms with E-state index in [-0.39, 0.29) is 24.4 Å². The van der Waals surface area contributed by atoms with Crippen LogP contribution in [0.15, 0.2) is 45.2 Å². The van der Waals surface area contributed by atoms with E-state index in [9.17, 15) is 9.59 Å². The number of ether oxygens (including phenoxy) is 2. The Morgan fingerprint density at radius 2 is 1.90 bits per heavy atom. The summed E-state index contributed by atoms with van der Waals surface area (Å²) < 4.78 is 11.6. The molecule has 1 aromatic carbocycles. The van der Waals surface area contributed by atoms with E-state index in [0.29, 0.717) is 11.6 Å². The second-order valence-electron chi connectivity index (χ2n) is 11.9. The van der Waals surface area contributed by atoms with Crippen LogP contribution in [-0.2, 0) is 16.0 Å². The molecule has 0 bridgehead atoms. The van der Waals surface area contributed by atoms with E-state index in [0.717, 1.165) is 98.2 Å². The fourth-order valence-electron chi connectivity index (χ4n) is 5.78. The lowest BCUT2D eigenvalue weighted by atomic mass is 9.41. The van der Waals surface area contributed by atoms with Crippen molar-refractivity contribution in [1.82, 2.24) is 4.90 Å². The van der Waals surface area contributed by atoms with Crippen LogP contribution < -0.4 is 9.47 Å². The van der Waals surface area contributed by atoms with E-state index in [2.05, 4.69) is 24.4 Å². The first kappa shape index (κ1) is 31.1. The fourth-order valence-corrected chi connectivity index (χ4v) is 6.48. The van der Waals surface area contributed by atoms with Gasteiger partial charge in [0.2, 0.25) is 12.6 Å². The highest BCUT2D eigenvalue weighted by atomic mass is 32.1. The molecule has 1 atom stereocenters. The third kappa shape index (κ3) is 7.91. The van der Waals surface area contributed by atoms with Gasteiger partial charge in [0.05, 0.1) is 18.9 Å². The van der Waals surface area contributed by atoms with Gasteiger partial charge in [0.25, 0.3) is 0 Å². The number of thiophene rings is 1. The highest BCUT2D eigenvalue weighted by molar-refractivity contribution is 7.08. The van der Waals surface area contributed by atoms with E-state index in [1.165, 1.54) is 5.56 Å². The summed E-state index contributed by atoms with van der Waals surface area (Å²) in [5, 5.41) is 4.11. The zero-order valence-electron chi connectivity index (χ0n) is 25.6. The minimum absolute atomic E-state index is 0.0540. The Balaban J connectivity index is 1.56. The smallest absolute Gasteiger partial charge is 0.232 e. The lowest BCUT2D eigenvalue weighted by molar-refractivity contribution is -0.139. The molecule has 2 fully saturated rings. The Kier molecular flexibility index (Phi) is 10.9. The van der Waals surface area contributed by atoms with Crippen LogP contribution in [0.25, 0.3) is 0 Å². The number of allylic oxidation sites excluding steroid dienone is 2. The lowest BCUT2D eigenvalue weighted by Gasteiger charge is -2.34. The normalized spacial score (nSPS) is 18.5. The third-order valence-corrected chi connectivity index (χ3v) is 9.15. The van der Waals surface area contributed by atoms with Crippen LogP contribution in [-0.4, -0.2) is 55.2 Å². The lowest BCUT2D eigenvalue weighted by Crippen LogP contribution is -2.45. The minimum Gasteiger partial charge on any atom is -0.493 e. The van der Waals surface area contributed by atoms with Crippen LogP contribution in [0.3, 0.4) is 0 Å². The number of rotatable bonds is 11. The molecule has 6 nitrogen and oxygen atoms in total. The first-order valence-corrected chi connectivity index (χ1v) is 16.1. The Morgan fingerprint density at radius 3 is 2.54 bits per heavy atom. The van der Waals surface area contributed by atoms with Crippen molar-refractivity contribution in [2.24, 2.45) is 10.9 Å². The van der Waals surface area contributed by atoms with Gasteiger partial charge in [-0.25, -0.2) is 0 Å². The average molecular weight is 577 g/mol. The quantitative estimate of drug-likeness (QED) is 0.161. The van der Waals surface area contributed by atoms with Gasteiger partial charge in [0, 0.05) is 30.3 Å². The molecule has 0 aliphatic carbocycles. The summed E-state index contributed by atoms with van der Waals surface area (Å²) in [5.41, 5.74) is 5.95. The number of hydrogen-bond donors (Lipinski definition) is 0. The van der Waals surface area contributed by atoms with Crippen LogP contribution in [0.4, 0.5) is 0 Å². The van der Waals surface area contributed by atoms with Gasteiger partial charge in [0.15, 0.2) is 11.5 Å². The molecule has 0 spiro atoms.